The molecular formula is C44H26N4. The fourth-order valence-electron chi connectivity index (χ4n) is 7.32. The monoisotopic (exact) mass is 610 g/mol. The summed E-state index contributed by atoms with van der Waals surface area (Å²) in [7, 11) is 0. The maximum atomic E-state index is 9.71. The van der Waals surface area contributed by atoms with Gasteiger partial charge in [-0.2, -0.15) is 5.26 Å². The van der Waals surface area contributed by atoms with Gasteiger partial charge >= 0.3 is 0 Å². The van der Waals surface area contributed by atoms with E-state index in [1.807, 2.05) is 24.3 Å². The lowest BCUT2D eigenvalue weighted by Gasteiger charge is -2.23. The Morgan fingerprint density at radius 2 is 0.792 bits per heavy atom. The first-order valence-electron chi connectivity index (χ1n) is 15.9. The van der Waals surface area contributed by atoms with Gasteiger partial charge in [0.15, 0.2) is 5.69 Å². The Bertz CT molecular complexity index is 2480. The van der Waals surface area contributed by atoms with Crippen LogP contribution < -0.4 is 0 Å². The molecule has 0 spiro atoms. The van der Waals surface area contributed by atoms with Crippen LogP contribution in [0.5, 0.6) is 0 Å². The molecule has 0 atom stereocenters. The lowest BCUT2D eigenvalue weighted by atomic mass is 9.90. The third-order valence-electron chi connectivity index (χ3n) is 9.39. The van der Waals surface area contributed by atoms with Gasteiger partial charge in [-0.1, -0.05) is 109 Å². The van der Waals surface area contributed by atoms with Crippen molar-refractivity contribution in [2.24, 2.45) is 0 Å². The predicted molar refractivity (Wildman–Crippen MR) is 197 cm³/mol. The number of para-hydroxylation sites is 4. The van der Waals surface area contributed by atoms with Crippen molar-refractivity contribution in [2.75, 3.05) is 0 Å². The second-order valence-electron chi connectivity index (χ2n) is 11.9. The van der Waals surface area contributed by atoms with Crippen molar-refractivity contribution in [3.8, 4) is 39.7 Å². The lowest BCUT2D eigenvalue weighted by Crippen LogP contribution is -2.04. The van der Waals surface area contributed by atoms with Gasteiger partial charge in [0, 0.05) is 32.7 Å². The summed E-state index contributed by atoms with van der Waals surface area (Å²) in [5.41, 5.74) is 11.8. The van der Waals surface area contributed by atoms with Gasteiger partial charge in [-0.3, -0.25) is 0 Å². The van der Waals surface area contributed by atoms with Crippen molar-refractivity contribution in [3.63, 3.8) is 0 Å². The molecule has 0 saturated heterocycles. The van der Waals surface area contributed by atoms with Crippen LogP contribution in [0.4, 0.5) is 5.69 Å². The quantitative estimate of drug-likeness (QED) is 0.183. The number of nitrogens with zero attached hydrogens (tertiary/aromatic N) is 4. The molecule has 4 heteroatoms. The average Bonchev–Trinajstić information content (AvgIpc) is 3.67. The summed E-state index contributed by atoms with van der Waals surface area (Å²) in [5, 5.41) is 14.5. The molecule has 2 heterocycles. The molecule has 9 rings (SSSR count). The van der Waals surface area contributed by atoms with Crippen LogP contribution >= 0.6 is 0 Å². The van der Waals surface area contributed by atoms with Crippen LogP contribution in [0, 0.1) is 17.9 Å². The van der Waals surface area contributed by atoms with Crippen molar-refractivity contribution in [3.05, 3.63) is 175 Å². The van der Waals surface area contributed by atoms with Crippen LogP contribution in [-0.2, 0) is 0 Å². The van der Waals surface area contributed by atoms with Crippen molar-refractivity contribution in [2.45, 2.75) is 0 Å². The third kappa shape index (κ3) is 4.07. The topological polar surface area (TPSA) is 38.0 Å². The highest BCUT2D eigenvalue weighted by atomic mass is 15.0. The zero-order valence-corrected chi connectivity index (χ0v) is 25.8. The highest BCUT2D eigenvalue weighted by molar-refractivity contribution is 6.12. The molecule has 0 amide bonds. The smallest absolute Gasteiger partial charge is 0.187 e. The molecule has 0 unspecified atom stereocenters. The van der Waals surface area contributed by atoms with E-state index in [-0.39, 0.29) is 0 Å². The van der Waals surface area contributed by atoms with E-state index in [2.05, 4.69) is 154 Å². The molecule has 4 nitrogen and oxygen atoms in total. The van der Waals surface area contributed by atoms with Gasteiger partial charge in [-0.25, -0.2) is 4.85 Å². The molecule has 0 saturated carbocycles. The maximum absolute atomic E-state index is 9.71. The van der Waals surface area contributed by atoms with E-state index in [9.17, 15) is 5.26 Å². The molecule has 0 aliphatic heterocycles. The number of hydrogen-bond donors (Lipinski definition) is 0. The molecule has 0 aliphatic rings. The summed E-state index contributed by atoms with van der Waals surface area (Å²) >= 11 is 0. The number of nitriles is 1. The second kappa shape index (κ2) is 10.9. The number of fused-ring (bicyclic) bond motifs is 6. The molecule has 0 radical (unpaired) electrons. The molecule has 0 aliphatic carbocycles. The van der Waals surface area contributed by atoms with Crippen LogP contribution in [0.1, 0.15) is 5.56 Å². The molecule has 222 valence electrons. The van der Waals surface area contributed by atoms with Crippen LogP contribution in [0.15, 0.2) is 158 Å². The van der Waals surface area contributed by atoms with Gasteiger partial charge in [0.2, 0.25) is 0 Å². The first-order chi connectivity index (χ1) is 23.7. The normalized spacial score (nSPS) is 11.3. The third-order valence-corrected chi connectivity index (χ3v) is 9.39. The summed E-state index contributed by atoms with van der Waals surface area (Å²) < 4.78 is 4.73. The molecule has 0 N–H and O–H groups in total. The summed E-state index contributed by atoms with van der Waals surface area (Å²) in [4.78, 5) is 3.70. The minimum Gasteiger partial charge on any atom is -0.309 e. The minimum absolute atomic E-state index is 0.593. The fourth-order valence-corrected chi connectivity index (χ4v) is 7.32. The Labute approximate surface area is 277 Å². The fraction of sp³-hybridized carbons (Fsp3) is 0. The second-order valence-corrected chi connectivity index (χ2v) is 11.9. The Hall–Kier alpha value is -6.88. The van der Waals surface area contributed by atoms with E-state index < -0.39 is 0 Å². The van der Waals surface area contributed by atoms with E-state index >= 15 is 0 Å². The Balaban J connectivity index is 1.49. The summed E-state index contributed by atoms with van der Waals surface area (Å²) in [6.45, 7) is 7.64. The van der Waals surface area contributed by atoms with Crippen LogP contribution in [-0.4, -0.2) is 9.13 Å². The minimum atomic E-state index is 0.593. The molecule has 48 heavy (non-hydrogen) atoms. The Morgan fingerprint density at radius 3 is 1.15 bits per heavy atom. The molecule has 2 aromatic heterocycles. The number of aromatic nitrogens is 2. The standard InChI is InChI=1S/C44H26N4/c1-46-32-24-22-31(23-25-32)44-42(48-39-16-8-4-12-35(39)36-13-5-9-17-40(36)48)27-26-41(43(44)30-20-18-29(28-45)19-21-30)47-37-14-6-2-10-33(37)34-11-3-7-15-38(34)47/h2-27H. The van der Waals surface area contributed by atoms with Gasteiger partial charge in [0.25, 0.3) is 0 Å². The highest BCUT2D eigenvalue weighted by Gasteiger charge is 2.24. The first kappa shape index (κ1) is 27.4. The van der Waals surface area contributed by atoms with Gasteiger partial charge in [-0.15, -0.1) is 0 Å². The van der Waals surface area contributed by atoms with Crippen molar-refractivity contribution >= 4 is 49.3 Å². The van der Waals surface area contributed by atoms with E-state index in [0.29, 0.717) is 11.3 Å². The summed E-state index contributed by atoms with van der Waals surface area (Å²) in [6.07, 6.45) is 0. The SMILES string of the molecule is [C-]#[N+]c1ccc(-c2c(-n3c4ccccc4c4ccccc43)ccc(-n3c4ccccc4c4ccccc43)c2-c2ccc(C#N)cc2)cc1. The van der Waals surface area contributed by atoms with Gasteiger partial charge in [0.1, 0.15) is 0 Å². The zero-order chi connectivity index (χ0) is 32.2. The molecular weight excluding hydrogens is 585 g/mol. The zero-order valence-electron chi connectivity index (χ0n) is 25.8. The largest absolute Gasteiger partial charge is 0.309 e. The Kier molecular flexibility index (Phi) is 6.22. The maximum Gasteiger partial charge on any atom is 0.187 e. The van der Waals surface area contributed by atoms with E-state index in [4.69, 9.17) is 6.57 Å². The van der Waals surface area contributed by atoms with E-state index in [1.165, 1.54) is 21.5 Å². The number of benzene rings is 7. The van der Waals surface area contributed by atoms with Gasteiger partial charge in [-0.05, 0) is 59.7 Å². The van der Waals surface area contributed by atoms with Crippen molar-refractivity contribution in [1.82, 2.24) is 9.13 Å². The van der Waals surface area contributed by atoms with Crippen LogP contribution in [0.2, 0.25) is 0 Å². The van der Waals surface area contributed by atoms with Gasteiger partial charge < -0.3 is 9.13 Å². The highest BCUT2D eigenvalue weighted by Crippen LogP contribution is 2.46. The van der Waals surface area contributed by atoms with Crippen molar-refractivity contribution in [1.29, 1.82) is 5.26 Å². The summed E-state index contributed by atoms with van der Waals surface area (Å²) in [5.74, 6) is 0. The number of hydrogen-bond acceptors (Lipinski definition) is 1. The van der Waals surface area contributed by atoms with Gasteiger partial charge in [0.05, 0.1) is 51.6 Å². The summed E-state index contributed by atoms with van der Waals surface area (Å²) in [6, 6.07) is 56.8. The van der Waals surface area contributed by atoms with E-state index in [0.717, 1.165) is 55.7 Å². The molecule has 0 fully saturated rings. The molecule has 0 bridgehead atoms. The van der Waals surface area contributed by atoms with Crippen molar-refractivity contribution < 1.29 is 0 Å². The Morgan fingerprint density at radius 1 is 0.438 bits per heavy atom. The van der Waals surface area contributed by atoms with Crippen LogP contribution in [0.25, 0.3) is 82.1 Å². The van der Waals surface area contributed by atoms with E-state index in [1.54, 1.807) is 0 Å². The first-order valence-corrected chi connectivity index (χ1v) is 15.9. The average molecular weight is 611 g/mol. The number of rotatable bonds is 4. The lowest BCUT2D eigenvalue weighted by molar-refractivity contribution is 1.15. The predicted octanol–water partition coefficient (Wildman–Crippen LogP) is 11.6. The molecule has 9 aromatic rings. The van der Waals surface area contributed by atoms with Crippen LogP contribution in [0.3, 0.4) is 0 Å². The molecule has 7 aromatic carbocycles.